The monoisotopic (exact) mass is 430 g/mol. The number of hydrogen-bond acceptors (Lipinski definition) is 5. The Morgan fingerprint density at radius 1 is 1.07 bits per heavy atom. The van der Waals surface area contributed by atoms with E-state index >= 15 is 0 Å². The van der Waals surface area contributed by atoms with Gasteiger partial charge in [0.05, 0.1) is 0 Å². The van der Waals surface area contributed by atoms with E-state index in [-0.39, 0.29) is 17.2 Å². The number of rotatable bonds is 4. The van der Waals surface area contributed by atoms with E-state index in [1.54, 1.807) is 7.05 Å². The van der Waals surface area contributed by atoms with Gasteiger partial charge in [-0.3, -0.25) is 13.9 Å². The van der Waals surface area contributed by atoms with Crippen LogP contribution in [0.2, 0.25) is 5.02 Å². The van der Waals surface area contributed by atoms with Crippen LogP contribution in [0.3, 0.4) is 0 Å². The van der Waals surface area contributed by atoms with Crippen molar-refractivity contribution in [1.82, 2.24) is 19.1 Å². The summed E-state index contributed by atoms with van der Waals surface area (Å²) in [5.41, 5.74) is 0.653. The number of hydrogen-bond donors (Lipinski definition) is 0. The molecule has 8 heteroatoms. The molecular formula is C21H23ClN4O2S. The zero-order valence-electron chi connectivity index (χ0n) is 16.5. The van der Waals surface area contributed by atoms with Gasteiger partial charge >= 0.3 is 5.69 Å². The number of thioether (sulfide) groups is 1. The largest absolute Gasteiger partial charge is 0.332 e. The van der Waals surface area contributed by atoms with Crippen LogP contribution in [0.1, 0.15) is 49.4 Å². The van der Waals surface area contributed by atoms with Gasteiger partial charge in [0.2, 0.25) is 0 Å². The fraction of sp³-hybridized carbons (Fsp3) is 0.429. The van der Waals surface area contributed by atoms with Crippen molar-refractivity contribution in [3.8, 4) is 0 Å². The Kier molecular flexibility index (Phi) is 5.79. The summed E-state index contributed by atoms with van der Waals surface area (Å²) >= 11 is 7.78. The predicted molar refractivity (Wildman–Crippen MR) is 117 cm³/mol. The van der Waals surface area contributed by atoms with Crippen molar-refractivity contribution in [3.63, 3.8) is 0 Å². The third-order valence-corrected chi connectivity index (χ3v) is 6.97. The van der Waals surface area contributed by atoms with Crippen molar-refractivity contribution in [2.75, 3.05) is 0 Å². The second-order valence-electron chi connectivity index (χ2n) is 7.51. The molecule has 1 aromatic carbocycles. The van der Waals surface area contributed by atoms with Crippen LogP contribution in [0.25, 0.3) is 11.0 Å². The van der Waals surface area contributed by atoms with Gasteiger partial charge in [-0.05, 0) is 24.5 Å². The molecule has 29 heavy (non-hydrogen) atoms. The van der Waals surface area contributed by atoms with Crippen LogP contribution in [0.15, 0.2) is 38.9 Å². The molecule has 4 rings (SSSR count). The second kappa shape index (κ2) is 8.32. The van der Waals surface area contributed by atoms with Gasteiger partial charge in [-0.15, -0.1) is 11.8 Å². The molecule has 0 amide bonds. The lowest BCUT2D eigenvalue weighted by Gasteiger charge is -2.21. The lowest BCUT2D eigenvalue weighted by atomic mass is 9.89. The number of halogens is 1. The fourth-order valence-corrected chi connectivity index (χ4v) is 5.16. The second-order valence-corrected chi connectivity index (χ2v) is 8.88. The van der Waals surface area contributed by atoms with Gasteiger partial charge in [0.15, 0.2) is 5.65 Å². The highest BCUT2D eigenvalue weighted by Crippen LogP contribution is 2.34. The Morgan fingerprint density at radius 2 is 1.79 bits per heavy atom. The summed E-state index contributed by atoms with van der Waals surface area (Å²) in [7, 11) is 3.14. The Bertz CT molecular complexity index is 1180. The molecule has 0 spiro atoms. The summed E-state index contributed by atoms with van der Waals surface area (Å²) in [5, 5.41) is 1.70. The van der Waals surface area contributed by atoms with Gasteiger partial charge in [0.1, 0.15) is 16.2 Å². The van der Waals surface area contributed by atoms with Crippen LogP contribution in [-0.2, 0) is 19.8 Å². The molecule has 0 unspecified atom stereocenters. The molecule has 0 atom stereocenters. The Hall–Kier alpha value is -2.12. The summed E-state index contributed by atoms with van der Waals surface area (Å²) < 4.78 is 2.57. The van der Waals surface area contributed by atoms with E-state index in [9.17, 15) is 9.59 Å². The van der Waals surface area contributed by atoms with Crippen LogP contribution in [-0.4, -0.2) is 19.1 Å². The third kappa shape index (κ3) is 3.85. The number of fused-ring (bicyclic) bond motifs is 1. The van der Waals surface area contributed by atoms with Gasteiger partial charge < -0.3 is 0 Å². The quantitative estimate of drug-likeness (QED) is 0.461. The van der Waals surface area contributed by atoms with Gasteiger partial charge in [0.25, 0.3) is 5.56 Å². The van der Waals surface area contributed by atoms with E-state index in [0.717, 1.165) is 41.6 Å². The van der Waals surface area contributed by atoms with Gasteiger partial charge in [-0.2, -0.15) is 0 Å². The Labute approximate surface area is 177 Å². The van der Waals surface area contributed by atoms with Crippen LogP contribution >= 0.6 is 23.4 Å². The molecule has 2 heterocycles. The standard InChI is InChI=1S/C21H23ClN4O2S/c1-25-18-16(20(27)26(2)21(25)28)19(29-12-14-10-6-7-11-15(14)22)24-17(23-18)13-8-4-3-5-9-13/h6-7,10-11,13H,3-5,8-9,12H2,1-2H3. The number of benzene rings is 1. The molecule has 3 aromatic rings. The van der Waals surface area contributed by atoms with Crippen molar-refractivity contribution >= 4 is 34.4 Å². The first kappa shape index (κ1) is 20.2. The predicted octanol–water partition coefficient (Wildman–Crippen LogP) is 4.02. The first-order chi connectivity index (χ1) is 14.0. The molecule has 0 aliphatic heterocycles. The van der Waals surface area contributed by atoms with E-state index < -0.39 is 0 Å². The van der Waals surface area contributed by atoms with Crippen molar-refractivity contribution in [2.45, 2.75) is 48.8 Å². The SMILES string of the molecule is Cn1c(=O)c2c(SCc3ccccc3Cl)nc(C3CCCCC3)nc2n(C)c1=O. The topological polar surface area (TPSA) is 69.8 Å². The van der Waals surface area contributed by atoms with E-state index in [2.05, 4.69) is 0 Å². The summed E-state index contributed by atoms with van der Waals surface area (Å²) in [4.78, 5) is 34.9. The Balaban J connectivity index is 1.86. The minimum Gasteiger partial charge on any atom is -0.280 e. The van der Waals surface area contributed by atoms with Gasteiger partial charge in [-0.1, -0.05) is 49.1 Å². The lowest BCUT2D eigenvalue weighted by molar-refractivity contribution is 0.427. The maximum atomic E-state index is 12.9. The molecular weight excluding hydrogens is 408 g/mol. The molecule has 2 aromatic heterocycles. The summed E-state index contributed by atoms with van der Waals surface area (Å²) in [5.74, 6) is 1.59. The van der Waals surface area contributed by atoms with Crippen LogP contribution in [0.5, 0.6) is 0 Å². The van der Waals surface area contributed by atoms with Crippen molar-refractivity contribution in [3.05, 3.63) is 61.5 Å². The highest BCUT2D eigenvalue weighted by Gasteiger charge is 2.23. The molecule has 0 radical (unpaired) electrons. The zero-order chi connectivity index (χ0) is 20.5. The fourth-order valence-electron chi connectivity index (χ4n) is 3.85. The van der Waals surface area contributed by atoms with Crippen LogP contribution in [0.4, 0.5) is 0 Å². The summed E-state index contributed by atoms with van der Waals surface area (Å²) in [6.07, 6.45) is 5.63. The average molecular weight is 431 g/mol. The average Bonchev–Trinajstić information content (AvgIpc) is 2.75. The minimum atomic E-state index is -0.377. The number of aryl methyl sites for hydroxylation is 1. The Morgan fingerprint density at radius 3 is 2.52 bits per heavy atom. The molecule has 6 nitrogen and oxygen atoms in total. The lowest BCUT2D eigenvalue weighted by Crippen LogP contribution is -2.38. The van der Waals surface area contributed by atoms with Crippen molar-refractivity contribution in [2.24, 2.45) is 14.1 Å². The van der Waals surface area contributed by atoms with Crippen LogP contribution < -0.4 is 11.2 Å². The normalized spacial score (nSPS) is 15.1. The maximum absolute atomic E-state index is 12.9. The van der Waals surface area contributed by atoms with E-state index in [1.807, 2.05) is 24.3 Å². The van der Waals surface area contributed by atoms with Crippen LogP contribution in [0, 0.1) is 0 Å². The minimum absolute atomic E-state index is 0.270. The smallest absolute Gasteiger partial charge is 0.280 e. The first-order valence-electron chi connectivity index (χ1n) is 9.81. The number of aromatic nitrogens is 4. The van der Waals surface area contributed by atoms with Gasteiger partial charge in [0, 0.05) is 30.8 Å². The van der Waals surface area contributed by atoms with E-state index in [0.29, 0.717) is 26.8 Å². The highest BCUT2D eigenvalue weighted by atomic mass is 35.5. The first-order valence-corrected chi connectivity index (χ1v) is 11.2. The highest BCUT2D eigenvalue weighted by molar-refractivity contribution is 7.98. The zero-order valence-corrected chi connectivity index (χ0v) is 18.1. The summed E-state index contributed by atoms with van der Waals surface area (Å²) in [6.45, 7) is 0. The molecule has 152 valence electrons. The summed E-state index contributed by atoms with van der Waals surface area (Å²) in [6, 6.07) is 7.65. The number of nitrogens with zero attached hydrogens (tertiary/aromatic N) is 4. The molecule has 1 aliphatic carbocycles. The van der Waals surface area contributed by atoms with E-state index in [1.165, 1.54) is 29.8 Å². The third-order valence-electron chi connectivity index (χ3n) is 5.58. The molecule has 0 bridgehead atoms. The maximum Gasteiger partial charge on any atom is 0.332 e. The molecule has 0 N–H and O–H groups in total. The molecule has 1 saturated carbocycles. The van der Waals surface area contributed by atoms with Crippen molar-refractivity contribution < 1.29 is 0 Å². The molecule has 1 aliphatic rings. The van der Waals surface area contributed by atoms with Crippen molar-refractivity contribution in [1.29, 1.82) is 0 Å². The molecule has 0 saturated heterocycles. The van der Waals surface area contributed by atoms with Gasteiger partial charge in [-0.25, -0.2) is 14.8 Å². The van der Waals surface area contributed by atoms with E-state index in [4.69, 9.17) is 21.6 Å². The molecule has 1 fully saturated rings.